The van der Waals surface area contributed by atoms with Gasteiger partial charge in [-0.05, 0) is 32.6 Å². The summed E-state index contributed by atoms with van der Waals surface area (Å²) in [6.45, 7) is 4.20. The second-order valence-electron chi connectivity index (χ2n) is 6.52. The monoisotopic (exact) mass is 297 g/mol. The van der Waals surface area contributed by atoms with Crippen LogP contribution in [0, 0.1) is 5.41 Å². The first-order valence-corrected chi connectivity index (χ1v) is 8.28. The van der Waals surface area contributed by atoms with E-state index in [-0.39, 0.29) is 17.6 Å². The molecule has 5 nitrogen and oxygen atoms in total. The summed E-state index contributed by atoms with van der Waals surface area (Å²) >= 11 is 0. The Morgan fingerprint density at radius 3 is 2.57 bits per heavy atom. The van der Waals surface area contributed by atoms with Gasteiger partial charge in [-0.15, -0.1) is 0 Å². The first kappa shape index (κ1) is 15.3. The minimum Gasteiger partial charge on any atom is -0.378 e. The summed E-state index contributed by atoms with van der Waals surface area (Å²) in [5, 5.41) is 0. The fourth-order valence-corrected chi connectivity index (χ4v) is 4.06. The lowest BCUT2D eigenvalue weighted by atomic mass is 9.50. The fraction of sp³-hybridized carbons (Fsp3) is 0.938. The molecule has 0 unspecified atom stereocenters. The van der Waals surface area contributed by atoms with Gasteiger partial charge in [0.15, 0.2) is 6.29 Å². The molecule has 2 atom stereocenters. The Balaban J connectivity index is 1.55. The molecule has 3 fully saturated rings. The van der Waals surface area contributed by atoms with Crippen molar-refractivity contribution in [3.8, 4) is 0 Å². The number of carbonyl (C=O) groups excluding carboxylic acids is 1. The molecule has 0 bridgehead atoms. The molecule has 1 aliphatic heterocycles. The van der Waals surface area contributed by atoms with Gasteiger partial charge in [-0.3, -0.25) is 4.79 Å². The highest BCUT2D eigenvalue weighted by Crippen LogP contribution is 2.58. The Kier molecular flexibility index (Phi) is 4.52. The number of rotatable bonds is 5. The topological polar surface area (TPSA) is 48.0 Å². The van der Waals surface area contributed by atoms with Crippen molar-refractivity contribution in [2.75, 3.05) is 26.9 Å². The maximum Gasteiger partial charge on any atom is 0.227 e. The fourth-order valence-electron chi connectivity index (χ4n) is 4.06. The number of amides is 1. The van der Waals surface area contributed by atoms with E-state index in [2.05, 4.69) is 0 Å². The average molecular weight is 297 g/mol. The zero-order valence-corrected chi connectivity index (χ0v) is 13.2. The quantitative estimate of drug-likeness (QED) is 0.778. The Labute approximate surface area is 126 Å². The molecule has 1 amide bonds. The molecular formula is C16H27NO4. The minimum atomic E-state index is -0.353. The average Bonchev–Trinajstić information content (AvgIpc) is 2.41. The van der Waals surface area contributed by atoms with Gasteiger partial charge in [-0.25, -0.2) is 0 Å². The molecule has 2 saturated carbocycles. The maximum absolute atomic E-state index is 12.5. The van der Waals surface area contributed by atoms with E-state index in [0.717, 1.165) is 19.4 Å². The lowest BCUT2D eigenvalue weighted by Crippen LogP contribution is -2.67. The van der Waals surface area contributed by atoms with Crippen LogP contribution in [0.15, 0.2) is 0 Å². The van der Waals surface area contributed by atoms with Crippen LogP contribution in [-0.4, -0.2) is 56.1 Å². The predicted octanol–water partition coefficient (Wildman–Crippen LogP) is 1.95. The van der Waals surface area contributed by atoms with E-state index in [4.69, 9.17) is 14.2 Å². The van der Waals surface area contributed by atoms with Crippen molar-refractivity contribution < 1.29 is 19.0 Å². The van der Waals surface area contributed by atoms with Gasteiger partial charge in [0.2, 0.25) is 5.91 Å². The summed E-state index contributed by atoms with van der Waals surface area (Å²) < 4.78 is 16.8. The molecule has 120 valence electrons. The van der Waals surface area contributed by atoms with Gasteiger partial charge in [-0.2, -0.15) is 0 Å². The molecule has 2 aliphatic carbocycles. The van der Waals surface area contributed by atoms with Gasteiger partial charge in [0.1, 0.15) is 0 Å². The third-order valence-electron chi connectivity index (χ3n) is 5.49. The summed E-state index contributed by atoms with van der Waals surface area (Å²) in [7, 11) is 1.93. The highest BCUT2D eigenvalue weighted by Gasteiger charge is 2.60. The largest absolute Gasteiger partial charge is 0.378 e. The van der Waals surface area contributed by atoms with Gasteiger partial charge in [0, 0.05) is 25.1 Å². The summed E-state index contributed by atoms with van der Waals surface area (Å²) in [5.41, 5.74) is 0.231. The Hall–Kier alpha value is -0.650. The van der Waals surface area contributed by atoms with Crippen LogP contribution in [0.4, 0.5) is 0 Å². The summed E-state index contributed by atoms with van der Waals surface area (Å²) in [6.07, 6.45) is 5.86. The Morgan fingerprint density at radius 1 is 1.29 bits per heavy atom. The summed E-state index contributed by atoms with van der Waals surface area (Å²) in [6, 6.07) is 0.332. The first-order valence-electron chi connectivity index (χ1n) is 8.28. The zero-order valence-electron chi connectivity index (χ0n) is 13.2. The standard InChI is InChI=1S/C16H27NO4/c1-3-19-13-10-12(16(13)6-4-7-16)17(2)14(18)11-15-20-8-5-9-21-15/h12-13,15H,3-11H2,1-2H3/t12-,13-/m1/s1. The molecule has 3 aliphatic rings. The SMILES string of the molecule is CCO[C@@H]1C[C@@H](N(C)C(=O)CC2OCCCO2)C12CCC2. The summed E-state index contributed by atoms with van der Waals surface area (Å²) in [5.74, 6) is 0.133. The molecule has 0 N–H and O–H groups in total. The number of nitrogens with zero attached hydrogens (tertiary/aromatic N) is 1. The normalized spacial score (nSPS) is 31.5. The lowest BCUT2D eigenvalue weighted by molar-refractivity contribution is -0.210. The predicted molar refractivity (Wildman–Crippen MR) is 77.8 cm³/mol. The van der Waals surface area contributed by atoms with Gasteiger partial charge in [0.25, 0.3) is 0 Å². The number of ether oxygens (including phenoxy) is 3. The third kappa shape index (κ3) is 2.71. The van der Waals surface area contributed by atoms with Crippen molar-refractivity contribution in [3.63, 3.8) is 0 Å². The van der Waals surface area contributed by atoms with Crippen LogP contribution >= 0.6 is 0 Å². The van der Waals surface area contributed by atoms with Gasteiger partial charge >= 0.3 is 0 Å². The molecule has 3 rings (SSSR count). The third-order valence-corrected chi connectivity index (χ3v) is 5.49. The van der Waals surface area contributed by atoms with E-state index >= 15 is 0 Å². The first-order chi connectivity index (χ1) is 10.2. The van der Waals surface area contributed by atoms with Crippen LogP contribution in [-0.2, 0) is 19.0 Å². The van der Waals surface area contributed by atoms with E-state index in [1.807, 2.05) is 18.9 Å². The molecule has 0 aromatic heterocycles. The van der Waals surface area contributed by atoms with Crippen LogP contribution in [0.3, 0.4) is 0 Å². The van der Waals surface area contributed by atoms with Crippen LogP contribution in [0.2, 0.25) is 0 Å². The second kappa shape index (κ2) is 6.23. The van der Waals surface area contributed by atoms with Crippen LogP contribution in [0.25, 0.3) is 0 Å². The molecule has 0 radical (unpaired) electrons. The van der Waals surface area contributed by atoms with Crippen molar-refractivity contribution in [1.82, 2.24) is 4.90 Å². The number of hydrogen-bond donors (Lipinski definition) is 0. The number of hydrogen-bond acceptors (Lipinski definition) is 4. The van der Waals surface area contributed by atoms with Crippen molar-refractivity contribution in [1.29, 1.82) is 0 Å². The highest BCUT2D eigenvalue weighted by atomic mass is 16.7. The lowest BCUT2D eigenvalue weighted by Gasteiger charge is -2.63. The molecule has 0 aromatic carbocycles. The van der Waals surface area contributed by atoms with E-state index in [9.17, 15) is 4.79 Å². The van der Waals surface area contributed by atoms with Crippen LogP contribution in [0.5, 0.6) is 0 Å². The van der Waals surface area contributed by atoms with E-state index in [1.54, 1.807) is 0 Å². The van der Waals surface area contributed by atoms with Crippen LogP contribution in [0.1, 0.15) is 45.4 Å². The van der Waals surface area contributed by atoms with E-state index in [1.165, 1.54) is 19.3 Å². The minimum absolute atomic E-state index is 0.133. The molecule has 1 heterocycles. The van der Waals surface area contributed by atoms with Gasteiger partial charge in [0.05, 0.1) is 25.7 Å². The van der Waals surface area contributed by atoms with Gasteiger partial charge in [-0.1, -0.05) is 6.42 Å². The Bertz CT molecular complexity index is 376. The molecular weight excluding hydrogens is 270 g/mol. The molecule has 5 heteroatoms. The Morgan fingerprint density at radius 2 is 2.00 bits per heavy atom. The van der Waals surface area contributed by atoms with Gasteiger partial charge < -0.3 is 19.1 Å². The molecule has 0 aromatic rings. The van der Waals surface area contributed by atoms with E-state index in [0.29, 0.717) is 31.8 Å². The molecule has 1 spiro atoms. The second-order valence-corrected chi connectivity index (χ2v) is 6.52. The molecule has 21 heavy (non-hydrogen) atoms. The molecule has 1 saturated heterocycles. The van der Waals surface area contributed by atoms with Crippen LogP contribution < -0.4 is 0 Å². The van der Waals surface area contributed by atoms with Crippen molar-refractivity contribution in [2.24, 2.45) is 5.41 Å². The van der Waals surface area contributed by atoms with E-state index < -0.39 is 0 Å². The number of carbonyl (C=O) groups is 1. The summed E-state index contributed by atoms with van der Waals surface area (Å²) in [4.78, 5) is 14.4. The maximum atomic E-state index is 12.5. The van der Waals surface area contributed by atoms with Crippen molar-refractivity contribution in [3.05, 3.63) is 0 Å². The van der Waals surface area contributed by atoms with Crippen molar-refractivity contribution >= 4 is 5.91 Å². The van der Waals surface area contributed by atoms with Crippen molar-refractivity contribution in [2.45, 2.75) is 63.9 Å². The highest BCUT2D eigenvalue weighted by molar-refractivity contribution is 5.77. The zero-order chi connectivity index (χ0) is 14.9. The smallest absolute Gasteiger partial charge is 0.227 e.